The summed E-state index contributed by atoms with van der Waals surface area (Å²) in [6, 6.07) is 5.57. The van der Waals surface area contributed by atoms with Gasteiger partial charge < -0.3 is 19.7 Å². The third-order valence-electron chi connectivity index (χ3n) is 4.13. The van der Waals surface area contributed by atoms with Crippen LogP contribution in [0, 0.1) is 13.8 Å². The number of urea groups is 1. The third-order valence-corrected chi connectivity index (χ3v) is 5.26. The van der Waals surface area contributed by atoms with E-state index in [1.807, 2.05) is 25.1 Å². The number of aryl methyl sites for hydroxylation is 3. The Bertz CT molecular complexity index is 726. The van der Waals surface area contributed by atoms with Crippen molar-refractivity contribution in [3.05, 3.63) is 39.3 Å². The number of carbonyl (C=O) groups excluding carboxylic acids is 1. The van der Waals surface area contributed by atoms with Gasteiger partial charge in [0, 0.05) is 31.4 Å². The van der Waals surface area contributed by atoms with Gasteiger partial charge in [-0.3, -0.25) is 0 Å². The minimum Gasteiger partial charge on any atom is -0.493 e. The maximum absolute atomic E-state index is 12.2. The van der Waals surface area contributed by atoms with Crippen LogP contribution in [0.25, 0.3) is 0 Å². The average molecular weight is 378 g/mol. The standard InChI is InChI=1S/C19H27N3O3S/c1-13-14(2)26-18(21-13)7-6-10-20-19(23)22(3)12-15-8-9-16(24-4)17(11-15)25-5/h8-9,11H,6-7,10,12H2,1-5H3,(H,20,23). The van der Waals surface area contributed by atoms with Gasteiger partial charge in [-0.1, -0.05) is 6.07 Å². The number of aromatic nitrogens is 1. The normalized spacial score (nSPS) is 10.5. The van der Waals surface area contributed by atoms with Gasteiger partial charge in [0.2, 0.25) is 0 Å². The van der Waals surface area contributed by atoms with Crippen molar-refractivity contribution in [2.45, 2.75) is 33.2 Å². The smallest absolute Gasteiger partial charge is 0.317 e. The van der Waals surface area contributed by atoms with Gasteiger partial charge in [0.1, 0.15) is 0 Å². The monoisotopic (exact) mass is 377 g/mol. The number of amides is 2. The number of thiazole rings is 1. The Morgan fingerprint density at radius 1 is 1.23 bits per heavy atom. The van der Waals surface area contributed by atoms with Crippen molar-refractivity contribution in [3.8, 4) is 11.5 Å². The number of hydrogen-bond donors (Lipinski definition) is 1. The fourth-order valence-corrected chi connectivity index (χ4v) is 3.52. The van der Waals surface area contributed by atoms with E-state index in [0.29, 0.717) is 24.6 Å². The molecular weight excluding hydrogens is 350 g/mol. The van der Waals surface area contributed by atoms with E-state index in [4.69, 9.17) is 9.47 Å². The number of hydrogen-bond acceptors (Lipinski definition) is 5. The molecule has 0 atom stereocenters. The summed E-state index contributed by atoms with van der Waals surface area (Å²) in [6.45, 7) is 5.24. The molecule has 0 spiro atoms. The van der Waals surface area contributed by atoms with Gasteiger partial charge in [0.15, 0.2) is 11.5 Å². The molecule has 0 saturated heterocycles. The van der Waals surface area contributed by atoms with Gasteiger partial charge in [-0.15, -0.1) is 11.3 Å². The Morgan fingerprint density at radius 3 is 2.58 bits per heavy atom. The van der Waals surface area contributed by atoms with E-state index >= 15 is 0 Å². The van der Waals surface area contributed by atoms with Crippen LogP contribution in [0.3, 0.4) is 0 Å². The largest absolute Gasteiger partial charge is 0.493 e. The molecule has 1 aromatic heterocycles. The Kier molecular flexibility index (Phi) is 7.26. The molecule has 2 amide bonds. The molecule has 0 fully saturated rings. The molecule has 2 rings (SSSR count). The second kappa shape index (κ2) is 9.43. The predicted molar refractivity (Wildman–Crippen MR) is 104 cm³/mol. The number of nitrogens with one attached hydrogen (secondary N) is 1. The fourth-order valence-electron chi connectivity index (χ4n) is 2.54. The van der Waals surface area contributed by atoms with Crippen molar-refractivity contribution in [2.75, 3.05) is 27.8 Å². The number of rotatable bonds is 8. The van der Waals surface area contributed by atoms with E-state index in [1.54, 1.807) is 37.5 Å². The molecule has 6 nitrogen and oxygen atoms in total. The number of methoxy groups -OCH3 is 2. The first-order valence-corrected chi connectivity index (χ1v) is 9.39. The van der Waals surface area contributed by atoms with E-state index in [9.17, 15) is 4.79 Å². The first-order valence-electron chi connectivity index (χ1n) is 8.57. The Hall–Kier alpha value is -2.28. The van der Waals surface area contributed by atoms with Crippen LogP contribution in [-0.2, 0) is 13.0 Å². The molecule has 142 valence electrons. The van der Waals surface area contributed by atoms with Crippen molar-refractivity contribution in [1.82, 2.24) is 15.2 Å². The molecule has 1 N–H and O–H groups in total. The van der Waals surface area contributed by atoms with Crippen LogP contribution < -0.4 is 14.8 Å². The van der Waals surface area contributed by atoms with Crippen LogP contribution in [0.1, 0.15) is 27.6 Å². The quantitative estimate of drug-likeness (QED) is 0.715. The van der Waals surface area contributed by atoms with Gasteiger partial charge in [0.25, 0.3) is 0 Å². The lowest BCUT2D eigenvalue weighted by Crippen LogP contribution is -2.37. The molecule has 0 saturated carbocycles. The zero-order valence-electron chi connectivity index (χ0n) is 16.1. The predicted octanol–water partition coefficient (Wildman–Crippen LogP) is 3.55. The molecule has 0 aliphatic heterocycles. The van der Waals surface area contributed by atoms with Crippen LogP contribution in [0.2, 0.25) is 0 Å². The van der Waals surface area contributed by atoms with Gasteiger partial charge in [0.05, 0.1) is 24.9 Å². The summed E-state index contributed by atoms with van der Waals surface area (Å²) in [7, 11) is 4.98. The van der Waals surface area contributed by atoms with Crippen molar-refractivity contribution in [1.29, 1.82) is 0 Å². The van der Waals surface area contributed by atoms with E-state index in [2.05, 4.69) is 17.2 Å². The summed E-state index contributed by atoms with van der Waals surface area (Å²) in [4.78, 5) is 19.7. The summed E-state index contributed by atoms with van der Waals surface area (Å²) in [5.74, 6) is 1.34. The van der Waals surface area contributed by atoms with Crippen LogP contribution in [0.15, 0.2) is 18.2 Å². The van der Waals surface area contributed by atoms with Crippen molar-refractivity contribution < 1.29 is 14.3 Å². The number of ether oxygens (including phenoxy) is 2. The second-order valence-corrected chi connectivity index (χ2v) is 7.42. The SMILES string of the molecule is COc1ccc(CN(C)C(=O)NCCCc2nc(C)c(C)s2)cc1OC. The summed E-state index contributed by atoms with van der Waals surface area (Å²) in [5, 5.41) is 4.09. The zero-order chi connectivity index (χ0) is 19.1. The summed E-state index contributed by atoms with van der Waals surface area (Å²) >= 11 is 1.73. The Balaban J connectivity index is 1.78. The highest BCUT2D eigenvalue weighted by molar-refractivity contribution is 7.11. The molecule has 0 unspecified atom stereocenters. The molecule has 26 heavy (non-hydrogen) atoms. The van der Waals surface area contributed by atoms with E-state index in [0.717, 1.165) is 29.1 Å². The van der Waals surface area contributed by atoms with Gasteiger partial charge >= 0.3 is 6.03 Å². The van der Waals surface area contributed by atoms with E-state index in [-0.39, 0.29) is 6.03 Å². The third kappa shape index (κ3) is 5.36. The van der Waals surface area contributed by atoms with Gasteiger partial charge in [-0.05, 0) is 38.0 Å². The van der Waals surface area contributed by atoms with E-state index < -0.39 is 0 Å². The molecule has 0 aliphatic rings. The highest BCUT2D eigenvalue weighted by Crippen LogP contribution is 2.27. The molecule has 0 aliphatic carbocycles. The van der Waals surface area contributed by atoms with Crippen molar-refractivity contribution in [2.24, 2.45) is 0 Å². The maximum atomic E-state index is 12.2. The second-order valence-electron chi connectivity index (χ2n) is 6.13. The molecule has 0 bridgehead atoms. The summed E-state index contributed by atoms with van der Waals surface area (Å²) in [6.07, 6.45) is 1.77. The Morgan fingerprint density at radius 2 is 1.96 bits per heavy atom. The minimum absolute atomic E-state index is 0.0914. The van der Waals surface area contributed by atoms with Crippen molar-refractivity contribution in [3.63, 3.8) is 0 Å². The zero-order valence-corrected chi connectivity index (χ0v) is 16.9. The molecule has 7 heteroatoms. The lowest BCUT2D eigenvalue weighted by Gasteiger charge is -2.19. The summed E-state index contributed by atoms with van der Waals surface area (Å²) < 4.78 is 10.5. The van der Waals surface area contributed by atoms with E-state index in [1.165, 1.54) is 4.88 Å². The highest BCUT2D eigenvalue weighted by Gasteiger charge is 2.11. The fraction of sp³-hybridized carbons (Fsp3) is 0.474. The Labute approximate surface area is 159 Å². The molecule has 0 radical (unpaired) electrons. The van der Waals surface area contributed by atoms with Crippen molar-refractivity contribution >= 4 is 17.4 Å². The molecule has 1 heterocycles. The van der Waals surface area contributed by atoms with Crippen LogP contribution >= 0.6 is 11.3 Å². The number of benzene rings is 1. The van der Waals surface area contributed by atoms with Gasteiger partial charge in [-0.2, -0.15) is 0 Å². The molecular formula is C19H27N3O3S. The molecule has 1 aromatic carbocycles. The number of carbonyl (C=O) groups is 1. The maximum Gasteiger partial charge on any atom is 0.317 e. The van der Waals surface area contributed by atoms with Crippen LogP contribution in [0.4, 0.5) is 4.79 Å². The minimum atomic E-state index is -0.0914. The highest BCUT2D eigenvalue weighted by atomic mass is 32.1. The summed E-state index contributed by atoms with van der Waals surface area (Å²) in [5.41, 5.74) is 2.08. The first-order chi connectivity index (χ1) is 12.4. The molecule has 2 aromatic rings. The van der Waals surface area contributed by atoms with Crippen LogP contribution in [0.5, 0.6) is 11.5 Å². The average Bonchev–Trinajstić information content (AvgIpc) is 2.96. The first kappa shape index (κ1) is 20.0. The topological polar surface area (TPSA) is 63.7 Å². The lowest BCUT2D eigenvalue weighted by atomic mass is 10.2. The lowest BCUT2D eigenvalue weighted by molar-refractivity contribution is 0.206. The van der Waals surface area contributed by atoms with Gasteiger partial charge in [-0.25, -0.2) is 9.78 Å². The van der Waals surface area contributed by atoms with Crippen LogP contribution in [-0.4, -0.2) is 43.7 Å². The number of nitrogens with zero attached hydrogens (tertiary/aromatic N) is 2.